The second-order valence-electron chi connectivity index (χ2n) is 8.19. The fourth-order valence-corrected chi connectivity index (χ4v) is 4.37. The predicted octanol–water partition coefficient (Wildman–Crippen LogP) is 3.25. The normalized spacial score (nSPS) is 13.8. The third-order valence-corrected chi connectivity index (χ3v) is 6.14. The van der Waals surface area contributed by atoms with Crippen LogP contribution in [0.1, 0.15) is 5.56 Å². The highest BCUT2D eigenvalue weighted by molar-refractivity contribution is 5.88. The van der Waals surface area contributed by atoms with Gasteiger partial charge in [0.05, 0.1) is 23.5 Å². The van der Waals surface area contributed by atoms with Crippen molar-refractivity contribution >= 4 is 17.1 Å². The molecular weight excluding hydrogens is 433 g/mol. The minimum absolute atomic E-state index is 0.0900. The summed E-state index contributed by atoms with van der Waals surface area (Å²) in [6.07, 6.45) is 8.22. The van der Waals surface area contributed by atoms with E-state index < -0.39 is 5.82 Å². The van der Waals surface area contributed by atoms with Crippen molar-refractivity contribution in [2.24, 2.45) is 7.05 Å². The number of carbonyl (C=O) groups is 1. The van der Waals surface area contributed by atoms with Crippen LogP contribution in [0.25, 0.3) is 27.8 Å². The van der Waals surface area contributed by atoms with Crippen molar-refractivity contribution < 1.29 is 9.18 Å². The Morgan fingerprint density at radius 2 is 1.88 bits per heavy atom. The predicted molar refractivity (Wildman–Crippen MR) is 126 cm³/mol. The Bertz CT molecular complexity index is 1450. The van der Waals surface area contributed by atoms with Crippen molar-refractivity contribution in [2.75, 3.05) is 31.1 Å². The van der Waals surface area contributed by atoms with Gasteiger partial charge in [0.15, 0.2) is 0 Å². The lowest BCUT2D eigenvalue weighted by atomic mass is 9.99. The van der Waals surface area contributed by atoms with Crippen molar-refractivity contribution in [3.05, 3.63) is 73.1 Å². The second kappa shape index (κ2) is 8.48. The van der Waals surface area contributed by atoms with Gasteiger partial charge < -0.3 is 9.80 Å². The first-order chi connectivity index (χ1) is 16.5. The van der Waals surface area contributed by atoms with Gasteiger partial charge >= 0.3 is 0 Å². The fourth-order valence-electron chi connectivity index (χ4n) is 4.37. The van der Waals surface area contributed by atoms with E-state index in [0.717, 1.165) is 16.8 Å². The van der Waals surface area contributed by atoms with Crippen LogP contribution in [0.15, 0.2) is 61.7 Å². The van der Waals surface area contributed by atoms with E-state index >= 15 is 4.39 Å². The highest BCUT2D eigenvalue weighted by Gasteiger charge is 2.22. The highest BCUT2D eigenvalue weighted by Crippen LogP contribution is 2.35. The fraction of sp³-hybridized carbons (Fsp3) is 0.200. The monoisotopic (exact) mass is 455 g/mol. The van der Waals surface area contributed by atoms with Crippen LogP contribution in [-0.2, 0) is 11.8 Å². The zero-order valence-electron chi connectivity index (χ0n) is 18.6. The summed E-state index contributed by atoms with van der Waals surface area (Å²) in [5, 5.41) is 18.1. The molecule has 0 radical (unpaired) electrons. The summed E-state index contributed by atoms with van der Waals surface area (Å²) in [7, 11) is 1.83. The van der Waals surface area contributed by atoms with E-state index in [0.29, 0.717) is 48.4 Å². The number of anilines is 1. The van der Waals surface area contributed by atoms with Gasteiger partial charge in [0, 0.05) is 73.6 Å². The summed E-state index contributed by atoms with van der Waals surface area (Å²) in [6.45, 7) is 5.87. The lowest BCUT2D eigenvalue weighted by molar-refractivity contribution is -0.126. The number of hydrogen-bond donors (Lipinski definition) is 0. The highest BCUT2D eigenvalue weighted by atomic mass is 19.1. The summed E-state index contributed by atoms with van der Waals surface area (Å²) < 4.78 is 18.8. The molecule has 1 amide bonds. The van der Waals surface area contributed by atoms with Crippen molar-refractivity contribution in [1.82, 2.24) is 24.3 Å². The number of halogens is 1. The van der Waals surface area contributed by atoms with Gasteiger partial charge in [-0.25, -0.2) is 8.91 Å². The van der Waals surface area contributed by atoms with Gasteiger partial charge in [-0.05, 0) is 30.3 Å². The van der Waals surface area contributed by atoms with Crippen molar-refractivity contribution in [3.63, 3.8) is 0 Å². The summed E-state index contributed by atoms with van der Waals surface area (Å²) in [5.74, 6) is -0.481. The van der Waals surface area contributed by atoms with E-state index in [-0.39, 0.29) is 5.91 Å². The molecule has 0 spiro atoms. The molecule has 170 valence electrons. The number of amides is 1. The first-order valence-electron chi connectivity index (χ1n) is 10.8. The summed E-state index contributed by atoms with van der Waals surface area (Å²) >= 11 is 0. The van der Waals surface area contributed by atoms with Crippen LogP contribution in [0.5, 0.6) is 0 Å². The maximum Gasteiger partial charge on any atom is 0.246 e. The molecule has 0 atom stereocenters. The molecule has 8 nitrogen and oxygen atoms in total. The third-order valence-electron chi connectivity index (χ3n) is 6.14. The molecule has 4 aromatic rings. The van der Waals surface area contributed by atoms with E-state index in [9.17, 15) is 10.1 Å². The number of pyridine rings is 1. The molecule has 9 heteroatoms. The first kappa shape index (κ1) is 21.4. The smallest absolute Gasteiger partial charge is 0.246 e. The number of hydrogen-bond acceptors (Lipinski definition) is 5. The molecule has 1 aromatic carbocycles. The Kier molecular flexibility index (Phi) is 5.34. The van der Waals surface area contributed by atoms with Crippen LogP contribution in [0.4, 0.5) is 10.1 Å². The van der Waals surface area contributed by atoms with Gasteiger partial charge in [-0.3, -0.25) is 9.48 Å². The number of nitriles is 1. The molecule has 1 aliphatic heterocycles. The van der Waals surface area contributed by atoms with Crippen LogP contribution in [-0.4, -0.2) is 56.4 Å². The quantitative estimate of drug-likeness (QED) is 0.441. The molecule has 1 fully saturated rings. The number of aromatic nitrogens is 4. The zero-order chi connectivity index (χ0) is 23.8. The molecule has 4 heterocycles. The van der Waals surface area contributed by atoms with Gasteiger partial charge in [-0.2, -0.15) is 15.5 Å². The van der Waals surface area contributed by atoms with Gasteiger partial charge in [0.1, 0.15) is 11.9 Å². The molecule has 1 aliphatic rings. The Morgan fingerprint density at radius 1 is 1.09 bits per heavy atom. The molecule has 0 bridgehead atoms. The van der Waals surface area contributed by atoms with E-state index in [1.165, 1.54) is 18.3 Å². The van der Waals surface area contributed by atoms with Crippen molar-refractivity contribution in [1.29, 1.82) is 5.26 Å². The Morgan fingerprint density at radius 3 is 2.53 bits per heavy atom. The molecule has 3 aromatic heterocycles. The SMILES string of the molecule is C=CC(=O)N1CCN(c2ccc(-c3cc(-c4cnn(C)c4)cn4ncc(C#N)c34)c(F)c2)CC1. The standard InChI is InChI=1S/C25H22FN7O/c1-3-24(34)32-8-6-31(7-9-32)20-4-5-21(23(26)11-20)22-10-17(19-14-28-30(2)15-19)16-33-25(22)18(12-27)13-29-33/h3-5,10-11,13-16H,1,6-9H2,2H3. The lowest BCUT2D eigenvalue weighted by Gasteiger charge is -2.35. The van der Waals surface area contributed by atoms with Gasteiger partial charge in [0.25, 0.3) is 0 Å². The number of rotatable bonds is 4. The van der Waals surface area contributed by atoms with Crippen molar-refractivity contribution in [2.45, 2.75) is 0 Å². The van der Waals surface area contributed by atoms with Crippen LogP contribution in [0.2, 0.25) is 0 Å². The van der Waals surface area contributed by atoms with Crippen LogP contribution in [0.3, 0.4) is 0 Å². The third kappa shape index (κ3) is 3.69. The number of fused-ring (bicyclic) bond motifs is 1. The summed E-state index contributed by atoms with van der Waals surface area (Å²) in [5.41, 5.74) is 4.33. The maximum absolute atomic E-state index is 15.5. The maximum atomic E-state index is 15.5. The van der Waals surface area contributed by atoms with Gasteiger partial charge in [-0.15, -0.1) is 0 Å². The average Bonchev–Trinajstić information content (AvgIpc) is 3.49. The Labute approximate surface area is 195 Å². The Hall–Kier alpha value is -4.45. The lowest BCUT2D eigenvalue weighted by Crippen LogP contribution is -2.48. The second-order valence-corrected chi connectivity index (χ2v) is 8.19. The van der Waals surface area contributed by atoms with Crippen LogP contribution >= 0.6 is 0 Å². The first-order valence-corrected chi connectivity index (χ1v) is 10.8. The van der Waals surface area contributed by atoms with E-state index in [4.69, 9.17) is 0 Å². The molecule has 0 aliphatic carbocycles. The molecule has 0 N–H and O–H groups in total. The number of benzene rings is 1. The minimum Gasteiger partial charge on any atom is -0.368 e. The number of nitrogens with zero attached hydrogens (tertiary/aromatic N) is 7. The summed E-state index contributed by atoms with van der Waals surface area (Å²) in [6, 6.07) is 9.14. The zero-order valence-corrected chi connectivity index (χ0v) is 18.6. The minimum atomic E-state index is -0.391. The van der Waals surface area contributed by atoms with Gasteiger partial charge in [-0.1, -0.05) is 6.58 Å². The summed E-state index contributed by atoms with van der Waals surface area (Å²) in [4.78, 5) is 15.6. The molecule has 34 heavy (non-hydrogen) atoms. The topological polar surface area (TPSA) is 82.5 Å². The van der Waals surface area contributed by atoms with Gasteiger partial charge in [0.2, 0.25) is 5.91 Å². The number of carbonyl (C=O) groups excluding carboxylic acids is 1. The molecular formula is C25H22FN7O. The molecule has 0 saturated carbocycles. The van der Waals surface area contributed by atoms with E-state index in [1.807, 2.05) is 31.6 Å². The molecule has 0 unspecified atom stereocenters. The van der Waals surface area contributed by atoms with Crippen LogP contribution in [0, 0.1) is 17.1 Å². The number of aryl methyl sites for hydroxylation is 1. The van der Waals surface area contributed by atoms with E-state index in [2.05, 4.69) is 27.7 Å². The molecule has 1 saturated heterocycles. The van der Waals surface area contributed by atoms with Crippen LogP contribution < -0.4 is 4.90 Å². The number of piperazine rings is 1. The average molecular weight is 455 g/mol. The molecule has 5 rings (SSSR count). The van der Waals surface area contributed by atoms with Crippen molar-refractivity contribution in [3.8, 4) is 28.3 Å². The Balaban J connectivity index is 1.53. The van der Waals surface area contributed by atoms with E-state index in [1.54, 1.807) is 26.4 Å². The largest absolute Gasteiger partial charge is 0.368 e.